The molecule has 5 heteroatoms. The van der Waals surface area contributed by atoms with E-state index in [1.807, 2.05) is 48.5 Å². The number of hydrogen-bond acceptors (Lipinski definition) is 2. The van der Waals surface area contributed by atoms with E-state index < -0.39 is 20.3 Å². The molecule has 0 radical (unpaired) electrons. The van der Waals surface area contributed by atoms with Crippen LogP contribution >= 0.6 is 0 Å². The van der Waals surface area contributed by atoms with E-state index in [1.54, 1.807) is 0 Å². The Kier molecular flexibility index (Phi) is 9.62. The SMILES string of the molecule is CC(C)(C)c1ccc(C(O)c2ccc(C(c3ccc(C#C[Si](C)(C)C)cc3)c3ccc(C(O)c4ccc(C(C)(C)C)cc4)[nH]3)[nH]2)cc1. The van der Waals surface area contributed by atoms with Gasteiger partial charge in [-0.3, -0.25) is 0 Å². The number of hydrogen-bond donors (Lipinski definition) is 4. The van der Waals surface area contributed by atoms with E-state index in [9.17, 15) is 10.2 Å². The zero-order valence-electron chi connectivity index (χ0n) is 29.4. The lowest BCUT2D eigenvalue weighted by atomic mass is 9.86. The molecule has 5 aromatic rings. The summed E-state index contributed by atoms with van der Waals surface area (Å²) in [6.07, 6.45) is -1.57. The highest BCUT2D eigenvalue weighted by atomic mass is 28.3. The summed E-state index contributed by atoms with van der Waals surface area (Å²) in [5.74, 6) is 3.18. The van der Waals surface area contributed by atoms with Crippen LogP contribution in [0, 0.1) is 11.5 Å². The van der Waals surface area contributed by atoms with Crippen molar-refractivity contribution in [3.05, 3.63) is 153 Å². The summed E-state index contributed by atoms with van der Waals surface area (Å²) in [6, 6.07) is 32.9. The molecule has 4 nitrogen and oxygen atoms in total. The predicted molar refractivity (Wildman–Crippen MR) is 198 cm³/mol. The first kappa shape index (κ1) is 34.3. The van der Waals surface area contributed by atoms with Crippen LogP contribution in [0.1, 0.15) is 116 Å². The minimum atomic E-state index is -1.50. The van der Waals surface area contributed by atoms with Gasteiger partial charge >= 0.3 is 0 Å². The first-order chi connectivity index (χ1) is 22.0. The van der Waals surface area contributed by atoms with Crippen LogP contribution in [-0.2, 0) is 10.8 Å². The first-order valence-electron chi connectivity index (χ1n) is 16.6. The third kappa shape index (κ3) is 8.26. The van der Waals surface area contributed by atoms with E-state index in [2.05, 4.69) is 131 Å². The number of rotatable bonds is 7. The Balaban J connectivity index is 1.48. The second-order valence-electron chi connectivity index (χ2n) is 15.8. The van der Waals surface area contributed by atoms with Crippen LogP contribution in [-0.4, -0.2) is 28.3 Å². The Morgan fingerprint density at radius 2 is 0.872 bits per heavy atom. The van der Waals surface area contributed by atoms with E-state index in [-0.39, 0.29) is 16.7 Å². The second kappa shape index (κ2) is 13.2. The van der Waals surface area contributed by atoms with E-state index in [0.717, 1.165) is 45.0 Å². The smallest absolute Gasteiger partial charge is 0.129 e. The second-order valence-corrected chi connectivity index (χ2v) is 20.6. The van der Waals surface area contributed by atoms with Crippen molar-refractivity contribution in [3.8, 4) is 11.5 Å². The van der Waals surface area contributed by atoms with Crippen molar-refractivity contribution in [2.24, 2.45) is 0 Å². The molecule has 0 saturated heterocycles. The van der Waals surface area contributed by atoms with Crippen LogP contribution in [0.2, 0.25) is 19.6 Å². The normalized spacial score (nSPS) is 14.3. The number of nitrogens with one attached hydrogen (secondary N) is 2. The molecule has 0 aliphatic carbocycles. The van der Waals surface area contributed by atoms with Crippen molar-refractivity contribution in [1.82, 2.24) is 9.97 Å². The molecule has 4 N–H and O–H groups in total. The molecular weight excluding hydrogens is 593 g/mol. The minimum Gasteiger partial charge on any atom is -0.382 e. The van der Waals surface area contributed by atoms with E-state index in [1.165, 1.54) is 11.1 Å². The minimum absolute atomic E-state index is 0.0461. The van der Waals surface area contributed by atoms with E-state index >= 15 is 0 Å². The van der Waals surface area contributed by atoms with Gasteiger partial charge in [-0.1, -0.05) is 128 Å². The summed E-state index contributed by atoms with van der Waals surface area (Å²) >= 11 is 0. The average molecular weight is 643 g/mol. The summed E-state index contributed by atoms with van der Waals surface area (Å²) in [5.41, 5.74) is 13.1. The maximum absolute atomic E-state index is 11.4. The fraction of sp³-hybridized carbons (Fsp3) is 0.333. The molecular formula is C42H50N2O2Si. The summed E-state index contributed by atoms with van der Waals surface area (Å²) in [7, 11) is -1.50. The van der Waals surface area contributed by atoms with Crippen molar-refractivity contribution in [1.29, 1.82) is 0 Å². The van der Waals surface area contributed by atoms with Gasteiger partial charge in [0.25, 0.3) is 0 Å². The molecule has 0 spiro atoms. The van der Waals surface area contributed by atoms with Gasteiger partial charge < -0.3 is 20.2 Å². The van der Waals surface area contributed by atoms with Gasteiger partial charge in [0.1, 0.15) is 20.3 Å². The third-order valence-corrected chi connectivity index (χ3v) is 9.56. The van der Waals surface area contributed by atoms with Crippen LogP contribution < -0.4 is 0 Å². The average Bonchev–Trinajstić information content (AvgIpc) is 3.70. The molecule has 2 heterocycles. The number of H-pyrrole nitrogens is 2. The molecule has 0 aliphatic rings. The Morgan fingerprint density at radius 3 is 1.23 bits per heavy atom. The number of aliphatic hydroxyl groups is 2. The lowest BCUT2D eigenvalue weighted by molar-refractivity contribution is 0.215. The molecule has 2 aromatic heterocycles. The highest BCUT2D eigenvalue weighted by Gasteiger charge is 2.24. The maximum Gasteiger partial charge on any atom is 0.129 e. The van der Waals surface area contributed by atoms with Gasteiger partial charge in [-0.2, -0.15) is 0 Å². The Morgan fingerprint density at radius 1 is 0.511 bits per heavy atom. The lowest BCUT2D eigenvalue weighted by Crippen LogP contribution is -2.16. The van der Waals surface area contributed by atoms with Gasteiger partial charge in [-0.05, 0) is 75.0 Å². The molecule has 244 valence electrons. The largest absolute Gasteiger partial charge is 0.382 e. The van der Waals surface area contributed by atoms with Crippen molar-refractivity contribution < 1.29 is 10.2 Å². The standard InChI is InChI=1S/C42H50N2O2Si/c1-41(2,3)32-18-14-30(15-19-32)39(45)36-24-22-34(43-36)38(29-12-10-28(11-13-29)26-27-47(7,8)9)35-23-25-37(44-35)40(46)31-16-20-33(21-17-31)42(4,5)6/h10-25,38-40,43-46H,1-9H3. The molecule has 0 aliphatic heterocycles. The zero-order valence-corrected chi connectivity index (χ0v) is 30.4. The van der Waals surface area contributed by atoms with Crippen molar-refractivity contribution in [2.45, 2.75) is 90.1 Å². The monoisotopic (exact) mass is 642 g/mol. The van der Waals surface area contributed by atoms with Crippen LogP contribution in [0.5, 0.6) is 0 Å². The van der Waals surface area contributed by atoms with Crippen LogP contribution in [0.25, 0.3) is 0 Å². The molecule has 3 aromatic carbocycles. The van der Waals surface area contributed by atoms with Gasteiger partial charge in [0.15, 0.2) is 0 Å². The van der Waals surface area contributed by atoms with Gasteiger partial charge in [0.2, 0.25) is 0 Å². The summed E-state index contributed by atoms with van der Waals surface area (Å²) < 4.78 is 0. The molecule has 0 fully saturated rings. The van der Waals surface area contributed by atoms with E-state index in [0.29, 0.717) is 0 Å². The Hall–Kier alpha value is -4.08. The van der Waals surface area contributed by atoms with Crippen molar-refractivity contribution >= 4 is 8.07 Å². The topological polar surface area (TPSA) is 72.0 Å². The van der Waals surface area contributed by atoms with Gasteiger partial charge in [0, 0.05) is 28.3 Å². The summed E-state index contributed by atoms with van der Waals surface area (Å²) in [6.45, 7) is 19.9. The maximum atomic E-state index is 11.4. The van der Waals surface area contributed by atoms with Crippen molar-refractivity contribution in [2.75, 3.05) is 0 Å². The molecule has 2 atom stereocenters. The number of benzene rings is 3. The summed E-state index contributed by atoms with van der Waals surface area (Å²) in [5, 5.41) is 22.7. The Bertz CT molecular complexity index is 1750. The van der Waals surface area contributed by atoms with Crippen LogP contribution in [0.15, 0.2) is 97.1 Å². The molecule has 0 bridgehead atoms. The fourth-order valence-corrected chi connectivity index (χ4v) is 6.27. The molecule has 47 heavy (non-hydrogen) atoms. The highest BCUT2D eigenvalue weighted by molar-refractivity contribution is 6.83. The Labute approximate surface area is 282 Å². The van der Waals surface area contributed by atoms with Crippen LogP contribution in [0.3, 0.4) is 0 Å². The molecule has 0 saturated carbocycles. The number of aromatic amines is 2. The molecule has 2 unspecified atom stereocenters. The molecule has 5 rings (SSSR count). The van der Waals surface area contributed by atoms with E-state index in [4.69, 9.17) is 0 Å². The van der Waals surface area contributed by atoms with Gasteiger partial charge in [-0.15, -0.1) is 5.54 Å². The predicted octanol–water partition coefficient (Wildman–Crippen LogP) is 9.51. The quantitative estimate of drug-likeness (QED) is 0.105. The zero-order chi connectivity index (χ0) is 34.1. The van der Waals surface area contributed by atoms with Gasteiger partial charge in [0.05, 0.1) is 5.92 Å². The molecule has 0 amide bonds. The van der Waals surface area contributed by atoms with Crippen LogP contribution in [0.4, 0.5) is 0 Å². The fourth-order valence-electron chi connectivity index (χ4n) is 5.75. The van der Waals surface area contributed by atoms with Crippen molar-refractivity contribution in [3.63, 3.8) is 0 Å². The first-order valence-corrected chi connectivity index (χ1v) is 20.1. The van der Waals surface area contributed by atoms with Gasteiger partial charge in [-0.25, -0.2) is 0 Å². The lowest BCUT2D eigenvalue weighted by Gasteiger charge is -2.20. The number of aliphatic hydroxyl groups excluding tert-OH is 2. The summed E-state index contributed by atoms with van der Waals surface area (Å²) in [4.78, 5) is 7.10. The number of aromatic nitrogens is 2. The third-order valence-electron chi connectivity index (χ3n) is 8.68. The highest BCUT2D eigenvalue weighted by Crippen LogP contribution is 2.35.